The molecule has 0 radical (unpaired) electrons. The fraction of sp³-hybridized carbons (Fsp3) is 0.591. The van der Waals surface area contributed by atoms with E-state index < -0.39 is 20.2 Å². The second kappa shape index (κ2) is 7.12. The average molecular weight is 403 g/mol. The molecule has 0 spiro atoms. The Bertz CT molecular complexity index is 637. The van der Waals surface area contributed by atoms with Gasteiger partial charge in [-0.3, -0.25) is 0 Å². The summed E-state index contributed by atoms with van der Waals surface area (Å²) in [5, 5.41) is 0. The summed E-state index contributed by atoms with van der Waals surface area (Å²) in [5.74, 6) is 0. The Hall–Kier alpha value is -0.327. The molecule has 0 aromatic carbocycles. The van der Waals surface area contributed by atoms with Crippen LogP contribution in [0.3, 0.4) is 0 Å². The van der Waals surface area contributed by atoms with Crippen LogP contribution in [0.1, 0.15) is 65.2 Å². The van der Waals surface area contributed by atoms with Gasteiger partial charge in [0, 0.05) is 0 Å². The van der Waals surface area contributed by atoms with Crippen molar-refractivity contribution in [3.63, 3.8) is 0 Å². The zero-order valence-electron chi connectivity index (χ0n) is 15.3. The van der Waals surface area contributed by atoms with Gasteiger partial charge in [-0.05, 0) is 0 Å². The van der Waals surface area contributed by atoms with Crippen LogP contribution in [-0.2, 0) is 23.0 Å². The van der Waals surface area contributed by atoms with Crippen molar-refractivity contribution in [2.45, 2.75) is 72.5 Å². The summed E-state index contributed by atoms with van der Waals surface area (Å²) < 4.78 is 10.7. The Labute approximate surface area is 152 Å². The van der Waals surface area contributed by atoms with Crippen molar-refractivity contribution in [2.75, 3.05) is 6.61 Å². The van der Waals surface area contributed by atoms with Gasteiger partial charge in [0.15, 0.2) is 0 Å². The Morgan fingerprint density at radius 3 is 1.88 bits per heavy atom. The van der Waals surface area contributed by atoms with Crippen LogP contribution in [-0.4, -0.2) is 10.3 Å². The van der Waals surface area contributed by atoms with E-state index in [-0.39, 0.29) is 0 Å². The summed E-state index contributed by atoms with van der Waals surface area (Å²) in [6.45, 7) is 5.40. The monoisotopic (exact) mass is 401 g/mol. The average Bonchev–Trinajstić information content (AvgIpc) is 3.25. The van der Waals surface area contributed by atoms with Gasteiger partial charge in [0.2, 0.25) is 0 Å². The number of allylic oxidation sites excluding steroid dienone is 8. The van der Waals surface area contributed by atoms with Crippen molar-refractivity contribution < 1.29 is 23.0 Å². The molecule has 0 saturated carbocycles. The van der Waals surface area contributed by atoms with E-state index in [1.165, 1.54) is 51.4 Å². The standard InChI is InChI=1S/2C9H11.C2H5O.C2H4.Zr/c2*1-2-5-9-7-3-6-8(9)4-1;1-2-3;1-2;/h2*3,6-7H,1-2,4-5H2;2H2,1H3;1H,2H3;/q;;-1;;+1. The Kier molecular flexibility index (Phi) is 5.08. The van der Waals surface area contributed by atoms with E-state index in [0.29, 0.717) is 7.25 Å². The molecule has 2 heteroatoms. The Morgan fingerprint density at radius 2 is 1.42 bits per heavy atom. The van der Waals surface area contributed by atoms with Gasteiger partial charge >= 0.3 is 152 Å². The van der Waals surface area contributed by atoms with Crippen molar-refractivity contribution >= 4 is 3.71 Å². The van der Waals surface area contributed by atoms with Crippen LogP contribution < -0.4 is 0 Å². The van der Waals surface area contributed by atoms with Crippen LogP contribution in [0.15, 0.2) is 46.6 Å². The third-order valence-corrected chi connectivity index (χ3v) is 18.3. The Morgan fingerprint density at radius 1 is 0.917 bits per heavy atom. The predicted molar refractivity (Wildman–Crippen MR) is 100 cm³/mol. The Balaban J connectivity index is 1.77. The maximum atomic E-state index is 6.83. The molecule has 0 bridgehead atoms. The summed E-state index contributed by atoms with van der Waals surface area (Å²) in [4.78, 5) is 0. The zero-order chi connectivity index (χ0) is 16.6. The fourth-order valence-electron chi connectivity index (χ4n) is 5.56. The third kappa shape index (κ3) is 2.69. The van der Waals surface area contributed by atoms with E-state index in [0.717, 1.165) is 6.61 Å². The molecule has 0 amide bonds. The van der Waals surface area contributed by atoms with Crippen LogP contribution in [0.4, 0.5) is 0 Å². The normalized spacial score (nSPS) is 31.2. The molecule has 0 fully saturated rings. The molecule has 0 heterocycles. The molecule has 0 aromatic heterocycles. The quantitative estimate of drug-likeness (QED) is 0.531. The number of hydrogen-bond acceptors (Lipinski definition) is 1. The first kappa shape index (κ1) is 17.1. The molecule has 0 N–H and O–H groups in total. The minimum atomic E-state index is -2.98. The van der Waals surface area contributed by atoms with Gasteiger partial charge in [0.25, 0.3) is 0 Å². The van der Waals surface area contributed by atoms with Gasteiger partial charge in [-0.25, -0.2) is 0 Å². The molecule has 0 saturated heterocycles. The van der Waals surface area contributed by atoms with Gasteiger partial charge in [-0.2, -0.15) is 0 Å². The van der Waals surface area contributed by atoms with Crippen LogP contribution in [0.5, 0.6) is 0 Å². The minimum absolute atomic E-state index is 0.642. The van der Waals surface area contributed by atoms with E-state index in [1.54, 1.807) is 22.3 Å². The van der Waals surface area contributed by atoms with Crippen molar-refractivity contribution in [3.8, 4) is 0 Å². The second-order valence-electron chi connectivity index (χ2n) is 7.76. The molecule has 24 heavy (non-hydrogen) atoms. The molecule has 4 rings (SSSR count). The van der Waals surface area contributed by atoms with Crippen molar-refractivity contribution in [2.24, 2.45) is 0 Å². The van der Waals surface area contributed by atoms with Gasteiger partial charge in [0.05, 0.1) is 0 Å². The third-order valence-electron chi connectivity index (χ3n) is 6.66. The van der Waals surface area contributed by atoms with E-state index in [4.69, 9.17) is 2.81 Å². The molecule has 4 aliphatic rings. The van der Waals surface area contributed by atoms with Crippen LogP contribution in [0.25, 0.3) is 0 Å². The maximum absolute atomic E-state index is 6.83. The topological polar surface area (TPSA) is 9.23 Å². The van der Waals surface area contributed by atoms with Crippen LogP contribution in [0.2, 0.25) is 7.25 Å². The number of rotatable bonds is 4. The van der Waals surface area contributed by atoms with Crippen LogP contribution >= 0.6 is 0 Å². The van der Waals surface area contributed by atoms with Crippen molar-refractivity contribution in [3.05, 3.63) is 46.6 Å². The molecule has 0 aliphatic heterocycles. The zero-order valence-corrected chi connectivity index (χ0v) is 17.8. The molecular formula is C22H31OZr. The number of hydrogen-bond donors (Lipinski definition) is 0. The second-order valence-corrected chi connectivity index (χ2v) is 17.1. The first-order chi connectivity index (χ1) is 11.8. The molecule has 2 atom stereocenters. The van der Waals surface area contributed by atoms with Gasteiger partial charge in [-0.15, -0.1) is 0 Å². The summed E-state index contributed by atoms with van der Waals surface area (Å²) in [6, 6.07) is 0. The molecule has 129 valence electrons. The molecule has 4 aliphatic carbocycles. The fourth-order valence-corrected chi connectivity index (χ4v) is 17.1. The first-order valence-corrected chi connectivity index (χ1v) is 15.3. The summed E-state index contributed by atoms with van der Waals surface area (Å²) >= 11 is -2.98. The van der Waals surface area contributed by atoms with Gasteiger partial charge < -0.3 is 0 Å². The van der Waals surface area contributed by atoms with E-state index in [1.807, 2.05) is 0 Å². The van der Waals surface area contributed by atoms with Crippen molar-refractivity contribution in [1.29, 1.82) is 0 Å². The summed E-state index contributed by atoms with van der Waals surface area (Å²) in [7, 11) is 0. The SMILES string of the molecule is C[CH]=[Zr]([O]CC)([CH]1C=CC2=C1CCCC2)[CH]1C=CC2=C1CCCC2. The van der Waals surface area contributed by atoms with E-state index in [2.05, 4.69) is 41.9 Å². The predicted octanol–water partition coefficient (Wildman–Crippen LogP) is 6.37. The van der Waals surface area contributed by atoms with Crippen LogP contribution in [0, 0.1) is 0 Å². The summed E-state index contributed by atoms with van der Waals surface area (Å²) in [5.41, 5.74) is 6.85. The summed E-state index contributed by atoms with van der Waals surface area (Å²) in [6.07, 6.45) is 20.8. The van der Waals surface area contributed by atoms with Gasteiger partial charge in [0.1, 0.15) is 0 Å². The molecule has 1 nitrogen and oxygen atoms in total. The van der Waals surface area contributed by atoms with E-state index >= 15 is 0 Å². The first-order valence-electron chi connectivity index (χ1n) is 10.0. The van der Waals surface area contributed by atoms with Crippen molar-refractivity contribution in [1.82, 2.24) is 0 Å². The molecule has 0 aromatic rings. The molecule has 2 unspecified atom stereocenters. The molecular weight excluding hydrogens is 371 g/mol. The van der Waals surface area contributed by atoms with E-state index in [9.17, 15) is 0 Å². The van der Waals surface area contributed by atoms with Gasteiger partial charge in [-0.1, -0.05) is 0 Å².